The van der Waals surface area contributed by atoms with Gasteiger partial charge in [0, 0.05) is 11.4 Å². The summed E-state index contributed by atoms with van der Waals surface area (Å²) in [6, 6.07) is 16.8. The topological polar surface area (TPSA) is 69.6 Å². The lowest BCUT2D eigenvalue weighted by Gasteiger charge is -2.20. The van der Waals surface area contributed by atoms with Gasteiger partial charge in [0.15, 0.2) is 0 Å². The lowest BCUT2D eigenvalue weighted by molar-refractivity contribution is 0.347. The maximum atomic E-state index is 11.7. The van der Waals surface area contributed by atoms with Crippen molar-refractivity contribution in [2.75, 3.05) is 6.26 Å². The van der Waals surface area contributed by atoms with Gasteiger partial charge in [-0.2, -0.15) is 0 Å². The normalized spacial score (nSPS) is 13.1. The molecule has 112 valence electrons. The molecule has 4 nitrogen and oxygen atoms in total. The summed E-state index contributed by atoms with van der Waals surface area (Å²) in [5, 5.41) is 2.96. The zero-order valence-corrected chi connectivity index (χ0v) is 13.3. The molecule has 0 aliphatic rings. The van der Waals surface area contributed by atoms with Gasteiger partial charge in [-0.3, -0.25) is 9.88 Å². The Morgan fingerprint density at radius 2 is 1.71 bits per heavy atom. The Morgan fingerprint density at radius 3 is 2.24 bits per heavy atom. The van der Waals surface area contributed by atoms with Crippen LogP contribution in [0.4, 0.5) is 0 Å². The minimum Gasteiger partial charge on any atom is -0.323 e. The molecule has 0 fully saturated rings. The largest absolute Gasteiger partial charge is 0.346 e. The standard InChI is InChI=1S/C15H18NO3PS/c1-21-14-9-7-13(8-10-14)15(20(17,18)19)16-11-12-5-3-2-4-6-12/h2-10,15-16H,11H2,1H3,(H2,17,18,19)/t15-/m1/s1. The summed E-state index contributed by atoms with van der Waals surface area (Å²) in [6.45, 7) is 0.404. The van der Waals surface area contributed by atoms with E-state index in [0.29, 0.717) is 12.1 Å². The van der Waals surface area contributed by atoms with Crippen LogP contribution < -0.4 is 5.32 Å². The van der Waals surface area contributed by atoms with Crippen molar-refractivity contribution in [1.29, 1.82) is 0 Å². The van der Waals surface area contributed by atoms with Crippen LogP contribution in [-0.4, -0.2) is 16.0 Å². The first-order chi connectivity index (χ1) is 10.0. The summed E-state index contributed by atoms with van der Waals surface area (Å²) in [6.07, 6.45) is 1.96. The molecule has 2 aromatic rings. The van der Waals surface area contributed by atoms with Gasteiger partial charge in [-0.25, -0.2) is 0 Å². The molecule has 0 aliphatic carbocycles. The van der Waals surface area contributed by atoms with E-state index in [2.05, 4.69) is 5.32 Å². The fourth-order valence-electron chi connectivity index (χ4n) is 2.03. The van der Waals surface area contributed by atoms with E-state index in [9.17, 15) is 14.4 Å². The van der Waals surface area contributed by atoms with Crippen LogP contribution in [0.1, 0.15) is 16.9 Å². The van der Waals surface area contributed by atoms with Crippen molar-refractivity contribution in [2.45, 2.75) is 17.2 Å². The van der Waals surface area contributed by atoms with E-state index < -0.39 is 13.4 Å². The molecular formula is C15H18NO3PS. The predicted octanol–water partition coefficient (Wildman–Crippen LogP) is 3.37. The Morgan fingerprint density at radius 1 is 1.10 bits per heavy atom. The predicted molar refractivity (Wildman–Crippen MR) is 86.3 cm³/mol. The Kier molecular flexibility index (Phi) is 5.62. The summed E-state index contributed by atoms with van der Waals surface area (Å²) < 4.78 is 11.7. The van der Waals surface area contributed by atoms with E-state index in [0.717, 1.165) is 10.5 Å². The van der Waals surface area contributed by atoms with Gasteiger partial charge in [0.2, 0.25) is 0 Å². The average molecular weight is 323 g/mol. The Bertz CT molecular complexity index is 613. The van der Waals surface area contributed by atoms with Gasteiger partial charge < -0.3 is 9.79 Å². The molecule has 3 N–H and O–H groups in total. The molecule has 0 radical (unpaired) electrons. The number of hydrogen-bond acceptors (Lipinski definition) is 3. The molecule has 0 spiro atoms. The van der Waals surface area contributed by atoms with Crippen molar-refractivity contribution < 1.29 is 14.4 Å². The third kappa shape index (κ3) is 4.70. The second-order valence-electron chi connectivity index (χ2n) is 4.63. The number of benzene rings is 2. The number of thioether (sulfide) groups is 1. The average Bonchev–Trinajstić information content (AvgIpc) is 2.48. The summed E-state index contributed by atoms with van der Waals surface area (Å²) in [4.78, 5) is 20.2. The highest BCUT2D eigenvalue weighted by atomic mass is 32.2. The van der Waals surface area contributed by atoms with Gasteiger partial charge in [-0.1, -0.05) is 42.5 Å². The van der Waals surface area contributed by atoms with Gasteiger partial charge >= 0.3 is 7.60 Å². The SMILES string of the molecule is CSc1ccc([C@H](NCc2ccccc2)P(=O)(O)O)cc1. The van der Waals surface area contributed by atoms with Crippen LogP contribution in [0.15, 0.2) is 59.5 Å². The molecule has 0 heterocycles. The minimum atomic E-state index is -4.28. The highest BCUT2D eigenvalue weighted by molar-refractivity contribution is 7.98. The molecule has 6 heteroatoms. The molecule has 0 saturated carbocycles. The molecule has 0 bridgehead atoms. The zero-order valence-electron chi connectivity index (χ0n) is 11.6. The Labute approximate surface area is 128 Å². The van der Waals surface area contributed by atoms with Crippen molar-refractivity contribution in [1.82, 2.24) is 5.32 Å². The van der Waals surface area contributed by atoms with Crippen molar-refractivity contribution in [3.05, 3.63) is 65.7 Å². The van der Waals surface area contributed by atoms with Gasteiger partial charge in [0.05, 0.1) is 0 Å². The molecule has 0 saturated heterocycles. The Balaban J connectivity index is 2.16. The first-order valence-corrected chi connectivity index (χ1v) is 9.38. The van der Waals surface area contributed by atoms with Crippen LogP contribution in [0.5, 0.6) is 0 Å². The van der Waals surface area contributed by atoms with Crippen LogP contribution in [0.25, 0.3) is 0 Å². The van der Waals surface area contributed by atoms with Crippen molar-refractivity contribution >= 4 is 19.4 Å². The van der Waals surface area contributed by atoms with E-state index in [-0.39, 0.29) is 0 Å². The number of nitrogens with one attached hydrogen (secondary N) is 1. The van der Waals surface area contributed by atoms with E-state index >= 15 is 0 Å². The fraction of sp³-hybridized carbons (Fsp3) is 0.200. The third-order valence-electron chi connectivity index (χ3n) is 3.11. The summed E-state index contributed by atoms with van der Waals surface area (Å²) in [7, 11) is -4.28. The van der Waals surface area contributed by atoms with E-state index in [1.807, 2.05) is 48.7 Å². The first-order valence-electron chi connectivity index (χ1n) is 6.47. The zero-order chi connectivity index (χ0) is 15.3. The van der Waals surface area contributed by atoms with Gasteiger partial charge in [-0.15, -0.1) is 11.8 Å². The van der Waals surface area contributed by atoms with Crippen LogP contribution >= 0.6 is 19.4 Å². The monoisotopic (exact) mass is 323 g/mol. The molecule has 1 atom stereocenters. The summed E-state index contributed by atoms with van der Waals surface area (Å²) in [5.41, 5.74) is 1.58. The van der Waals surface area contributed by atoms with Crippen LogP contribution in [0, 0.1) is 0 Å². The lowest BCUT2D eigenvalue weighted by Crippen LogP contribution is -2.21. The Hall–Kier alpha value is -1.10. The second kappa shape index (κ2) is 7.25. The fourth-order valence-corrected chi connectivity index (χ4v) is 3.33. The molecule has 21 heavy (non-hydrogen) atoms. The molecule has 0 aliphatic heterocycles. The van der Waals surface area contributed by atoms with Crippen LogP contribution in [0.2, 0.25) is 0 Å². The highest BCUT2D eigenvalue weighted by Gasteiger charge is 2.29. The number of hydrogen-bond donors (Lipinski definition) is 3. The van der Waals surface area contributed by atoms with E-state index in [1.165, 1.54) is 0 Å². The van der Waals surface area contributed by atoms with Gasteiger partial charge in [0.1, 0.15) is 5.78 Å². The molecular weight excluding hydrogens is 305 g/mol. The maximum Gasteiger partial charge on any atom is 0.346 e. The molecule has 2 rings (SSSR count). The van der Waals surface area contributed by atoms with E-state index in [1.54, 1.807) is 23.9 Å². The van der Waals surface area contributed by atoms with Crippen molar-refractivity contribution in [3.63, 3.8) is 0 Å². The molecule has 0 unspecified atom stereocenters. The van der Waals surface area contributed by atoms with Crippen molar-refractivity contribution in [2.24, 2.45) is 0 Å². The summed E-state index contributed by atoms with van der Waals surface area (Å²) in [5.74, 6) is -0.992. The smallest absolute Gasteiger partial charge is 0.323 e. The van der Waals surface area contributed by atoms with Crippen molar-refractivity contribution in [3.8, 4) is 0 Å². The minimum absolute atomic E-state index is 0.404. The maximum absolute atomic E-state index is 11.7. The third-order valence-corrected chi connectivity index (χ3v) is 5.01. The van der Waals surface area contributed by atoms with Gasteiger partial charge in [-0.05, 0) is 29.5 Å². The van der Waals surface area contributed by atoms with E-state index in [4.69, 9.17) is 0 Å². The second-order valence-corrected chi connectivity index (χ2v) is 7.21. The quantitative estimate of drug-likeness (QED) is 0.562. The first kappa shape index (κ1) is 16.3. The molecule has 0 amide bonds. The highest BCUT2D eigenvalue weighted by Crippen LogP contribution is 2.50. The lowest BCUT2D eigenvalue weighted by atomic mass is 10.2. The van der Waals surface area contributed by atoms with Crippen LogP contribution in [0.3, 0.4) is 0 Å². The van der Waals surface area contributed by atoms with Gasteiger partial charge in [0.25, 0.3) is 0 Å². The van der Waals surface area contributed by atoms with Crippen LogP contribution in [-0.2, 0) is 11.1 Å². The summed E-state index contributed by atoms with van der Waals surface area (Å²) >= 11 is 1.59. The molecule has 0 aromatic heterocycles. The molecule has 2 aromatic carbocycles. The number of rotatable bonds is 6.